The summed E-state index contributed by atoms with van der Waals surface area (Å²) < 4.78 is 0.639. The van der Waals surface area contributed by atoms with Gasteiger partial charge in [0.25, 0.3) is 0 Å². The molecule has 50 valence electrons. The smallest absolute Gasteiger partial charge is 0.220 e. The Morgan fingerprint density at radius 2 is 1.38 bits per heavy atom. The third-order valence-corrected chi connectivity index (χ3v) is 0. The van der Waals surface area contributed by atoms with E-state index in [0.717, 1.165) is 6.54 Å². The Balaban J connectivity index is 0. The fraction of sp³-hybridized carbons (Fsp3) is 1.00. The minimum atomic E-state index is 0.639. The van der Waals surface area contributed by atoms with E-state index in [0.29, 0.717) is 4.28 Å². The molecule has 0 rings (SSSR count). The van der Waals surface area contributed by atoms with Crippen molar-refractivity contribution < 1.29 is 0 Å². The number of hydrogen-bond acceptors (Lipinski definition) is 1. The van der Waals surface area contributed by atoms with Crippen molar-refractivity contribution in [1.82, 2.24) is 0 Å². The molecule has 0 aliphatic carbocycles. The van der Waals surface area contributed by atoms with Crippen LogP contribution in [0.5, 0.6) is 0 Å². The highest BCUT2D eigenvalue weighted by molar-refractivity contribution is 6.14. The molecule has 0 aromatic heterocycles. The van der Waals surface area contributed by atoms with Crippen LogP contribution in [0.4, 0.5) is 0 Å². The molecule has 0 atom stereocenters. The molecule has 0 aliphatic rings. The zero-order valence-electron chi connectivity index (χ0n) is 6.78. The molecular weight excluding hydrogens is 113 g/mol. The van der Waals surface area contributed by atoms with E-state index in [1.807, 2.05) is 6.92 Å². The van der Waals surface area contributed by atoms with E-state index >= 15 is 0 Å². The number of rotatable bonds is 0. The Kier molecular flexibility index (Phi) is 7.95. The van der Waals surface area contributed by atoms with Crippen molar-refractivity contribution in [2.24, 2.45) is 5.73 Å². The van der Waals surface area contributed by atoms with Crippen LogP contribution in [0.2, 0.25) is 4.28 Å². The average molecular weight is 131 g/mol. The van der Waals surface area contributed by atoms with E-state index < -0.39 is 0 Å². The molecule has 2 N–H and O–H groups in total. The largest absolute Gasteiger partial charge is 0.331 e. The second-order valence-corrected chi connectivity index (χ2v) is 6.41. The van der Waals surface area contributed by atoms with Gasteiger partial charge in [-0.25, -0.2) is 0 Å². The monoisotopic (exact) mass is 131 g/mol. The zero-order chi connectivity index (χ0) is 7.21. The van der Waals surface area contributed by atoms with Gasteiger partial charge in [0, 0.05) is 0 Å². The first-order chi connectivity index (χ1) is 3.41. The van der Waals surface area contributed by atoms with Crippen LogP contribution < -0.4 is 5.73 Å². The van der Waals surface area contributed by atoms with Gasteiger partial charge < -0.3 is 5.73 Å². The maximum atomic E-state index is 4.85. The van der Waals surface area contributed by atoms with Crippen LogP contribution in [0.25, 0.3) is 0 Å². The van der Waals surface area contributed by atoms with E-state index in [1.54, 1.807) is 0 Å². The summed E-state index contributed by atoms with van der Waals surface area (Å²) in [6.45, 7) is 9.40. The molecule has 0 aliphatic heterocycles. The van der Waals surface area contributed by atoms with Crippen molar-refractivity contribution in [2.75, 3.05) is 6.54 Å². The Morgan fingerprint density at radius 1 is 1.38 bits per heavy atom. The molecule has 0 aromatic carbocycles. The summed E-state index contributed by atoms with van der Waals surface area (Å²) in [6, 6.07) is 0. The van der Waals surface area contributed by atoms with Crippen LogP contribution in [0.3, 0.4) is 0 Å². The molecule has 0 amide bonds. The molecule has 0 unspecified atom stereocenters. The molecule has 0 spiro atoms. The van der Waals surface area contributed by atoms with Crippen LogP contribution in [-0.2, 0) is 0 Å². The fourth-order valence-corrected chi connectivity index (χ4v) is 0. The van der Waals surface area contributed by atoms with E-state index in [4.69, 9.17) is 5.73 Å². The zero-order valence-corrected chi connectivity index (χ0v) is 8.78. The summed E-state index contributed by atoms with van der Waals surface area (Å²) in [5, 5.41) is 0. The van der Waals surface area contributed by atoms with Crippen molar-refractivity contribution >= 4 is 16.3 Å². The summed E-state index contributed by atoms with van der Waals surface area (Å²) in [5.74, 6) is 0. The van der Waals surface area contributed by atoms with E-state index in [1.165, 1.54) is 16.3 Å². The Hall–Kier alpha value is 0.492. The first kappa shape index (κ1) is 11.3. The Labute approximate surface area is 61.1 Å². The molecule has 8 heavy (non-hydrogen) atoms. The minimum Gasteiger partial charge on any atom is -0.331 e. The molecule has 0 fully saturated rings. The van der Waals surface area contributed by atoms with Gasteiger partial charge in [0.15, 0.2) is 0 Å². The lowest BCUT2D eigenvalue weighted by molar-refractivity contribution is 0.767. The van der Waals surface area contributed by atoms with Crippen LogP contribution in [0.15, 0.2) is 0 Å². The van der Waals surface area contributed by atoms with E-state index in [9.17, 15) is 0 Å². The maximum absolute atomic E-state index is 4.85. The number of nitrogens with two attached hydrogens (primary N) is 1. The Morgan fingerprint density at radius 3 is 1.38 bits per heavy atom. The van der Waals surface area contributed by atoms with Crippen molar-refractivity contribution in [1.29, 1.82) is 0 Å². The molecule has 0 saturated heterocycles. The van der Waals surface area contributed by atoms with E-state index in [-0.39, 0.29) is 0 Å². The summed E-state index contributed by atoms with van der Waals surface area (Å²) in [7, 11) is 0. The lowest BCUT2D eigenvalue weighted by Gasteiger charge is -2.05. The fourth-order valence-electron chi connectivity index (χ4n) is 0. The van der Waals surface area contributed by atoms with Crippen LogP contribution in [0.1, 0.15) is 27.7 Å². The summed E-state index contributed by atoms with van der Waals surface area (Å²) in [6.07, 6.45) is 0. The molecule has 0 radical (unpaired) electrons. The van der Waals surface area contributed by atoms with Gasteiger partial charge in [-0.05, 0) is 6.54 Å². The maximum Gasteiger partial charge on any atom is 0.220 e. The Bertz CT molecular complexity index is 32.3. The highest BCUT2D eigenvalue weighted by Crippen LogP contribution is 2.13. The molecule has 0 bridgehead atoms. The molecular formula is C6H18AlN. The third kappa shape index (κ3) is 808. The molecule has 1 nitrogen and oxygen atoms in total. The van der Waals surface area contributed by atoms with Gasteiger partial charge in [-0.15, -0.1) is 0 Å². The van der Waals surface area contributed by atoms with Crippen molar-refractivity contribution in [3.8, 4) is 0 Å². The SMILES string of the molecule is CCN.C[C](C)(C)[AlH2]. The van der Waals surface area contributed by atoms with Gasteiger partial charge >= 0.3 is 0 Å². The van der Waals surface area contributed by atoms with Gasteiger partial charge in [0.2, 0.25) is 16.3 Å². The topological polar surface area (TPSA) is 26.0 Å². The first-order valence-corrected chi connectivity index (χ1v) is 4.12. The predicted molar refractivity (Wildman–Crippen MR) is 43.0 cm³/mol. The first-order valence-electron chi connectivity index (χ1n) is 3.12. The van der Waals surface area contributed by atoms with Gasteiger partial charge in [-0.2, -0.15) is 0 Å². The normalized spacial score (nSPS) is 9.62. The van der Waals surface area contributed by atoms with Crippen molar-refractivity contribution in [3.05, 3.63) is 0 Å². The minimum absolute atomic E-state index is 0.639. The van der Waals surface area contributed by atoms with E-state index in [2.05, 4.69) is 20.8 Å². The highest BCUT2D eigenvalue weighted by atomic mass is 27.0. The summed E-state index contributed by atoms with van der Waals surface area (Å²) >= 11 is 1.31. The van der Waals surface area contributed by atoms with Crippen molar-refractivity contribution in [3.63, 3.8) is 0 Å². The summed E-state index contributed by atoms with van der Waals surface area (Å²) in [5.41, 5.74) is 4.85. The standard InChI is InChI=1S/C4H9.C2H7N.Al.2H/c1-4(2)3;1-2-3;;;/h1-3H3;2-3H2,1H3;;;. The highest BCUT2D eigenvalue weighted by Gasteiger charge is 1.96. The lowest BCUT2D eigenvalue weighted by Crippen LogP contribution is -1.90. The third-order valence-electron chi connectivity index (χ3n) is 0. The van der Waals surface area contributed by atoms with Crippen LogP contribution in [-0.4, -0.2) is 22.8 Å². The lowest BCUT2D eigenvalue weighted by atomic mass is 10.2. The molecule has 2 heteroatoms. The van der Waals surface area contributed by atoms with Crippen LogP contribution in [0, 0.1) is 0 Å². The number of hydrogen-bond donors (Lipinski definition) is 1. The van der Waals surface area contributed by atoms with Gasteiger partial charge in [0.1, 0.15) is 0 Å². The van der Waals surface area contributed by atoms with Crippen LogP contribution >= 0.6 is 0 Å². The molecule has 0 heterocycles. The second-order valence-electron chi connectivity index (χ2n) is 3.41. The molecule has 0 saturated carbocycles. The van der Waals surface area contributed by atoms with Gasteiger partial charge in [0.05, 0.1) is 0 Å². The van der Waals surface area contributed by atoms with Gasteiger partial charge in [-0.1, -0.05) is 32.0 Å². The van der Waals surface area contributed by atoms with Gasteiger partial charge in [-0.3, -0.25) is 0 Å². The average Bonchev–Trinajstić information content (AvgIpc) is 1.27. The molecule has 0 aromatic rings. The van der Waals surface area contributed by atoms with Crippen molar-refractivity contribution in [2.45, 2.75) is 32.0 Å². The predicted octanol–water partition coefficient (Wildman–Crippen LogP) is 0.803. The quantitative estimate of drug-likeness (QED) is 0.483. The second kappa shape index (κ2) is 5.63. The summed E-state index contributed by atoms with van der Waals surface area (Å²) in [4.78, 5) is 0.